The number of carboxylic acids is 1. The molecule has 0 aromatic carbocycles. The average Bonchev–Trinajstić information content (AvgIpc) is 2.20. The molecule has 1 heterocycles. The van der Waals surface area contributed by atoms with Gasteiger partial charge in [-0.25, -0.2) is 4.79 Å². The minimum absolute atomic E-state index is 0.120. The molecule has 6 heteroatoms. The molecular weight excluding hydrogens is 214 g/mol. The Hall–Kier alpha value is -2.37. The third kappa shape index (κ3) is 2.57. The summed E-state index contributed by atoms with van der Waals surface area (Å²) in [5.74, 6) is -3.27. The van der Waals surface area contributed by atoms with E-state index in [1.54, 1.807) is 0 Å². The van der Waals surface area contributed by atoms with Crippen LogP contribution in [0.15, 0.2) is 16.9 Å². The third-order valence-corrected chi connectivity index (χ3v) is 1.83. The molecule has 1 aromatic heterocycles. The second-order valence-corrected chi connectivity index (χ2v) is 3.06. The molecular formula is C10H8NO5-. The van der Waals surface area contributed by atoms with Crippen LogP contribution < -0.4 is 10.7 Å². The predicted octanol–water partition coefficient (Wildman–Crippen LogP) is -0.576. The number of carbonyl (C=O) groups is 2. The van der Waals surface area contributed by atoms with Crippen molar-refractivity contribution >= 4 is 17.8 Å². The Morgan fingerprint density at radius 3 is 2.69 bits per heavy atom. The molecule has 1 rings (SSSR count). The summed E-state index contributed by atoms with van der Waals surface area (Å²) in [6.07, 6.45) is 1.68. The van der Waals surface area contributed by atoms with E-state index in [1.807, 2.05) is 0 Å². The van der Waals surface area contributed by atoms with Crippen LogP contribution in [0.2, 0.25) is 0 Å². The second kappa shape index (κ2) is 4.43. The Kier molecular flexibility index (Phi) is 3.24. The first-order valence-electron chi connectivity index (χ1n) is 4.28. The molecule has 0 aliphatic heterocycles. The zero-order chi connectivity index (χ0) is 12.3. The van der Waals surface area contributed by atoms with Gasteiger partial charge in [0.1, 0.15) is 0 Å². The van der Waals surface area contributed by atoms with E-state index in [0.717, 1.165) is 12.1 Å². The van der Waals surface area contributed by atoms with Crippen molar-refractivity contribution in [1.82, 2.24) is 4.98 Å². The molecule has 2 N–H and O–H groups in total. The monoisotopic (exact) mass is 222 g/mol. The van der Waals surface area contributed by atoms with E-state index in [0.29, 0.717) is 6.08 Å². The fourth-order valence-electron chi connectivity index (χ4n) is 0.977. The van der Waals surface area contributed by atoms with Gasteiger partial charge in [0.05, 0.1) is 0 Å². The highest BCUT2D eigenvalue weighted by Gasteiger charge is 2.05. The highest BCUT2D eigenvalue weighted by molar-refractivity contribution is 6.38. The third-order valence-electron chi connectivity index (χ3n) is 1.83. The summed E-state index contributed by atoms with van der Waals surface area (Å²) in [5, 5.41) is 19.6. The van der Waals surface area contributed by atoms with Crippen LogP contribution >= 0.6 is 0 Å². The number of hydrogen-bond donors (Lipinski definition) is 2. The number of carboxylic acid groups (broad SMARTS) is 1. The summed E-state index contributed by atoms with van der Waals surface area (Å²) in [7, 11) is 0. The standard InChI is InChI=1S/C10H9NO5/c1-5-4-8(13)6(11-9(5)14)2-3-7(12)10(15)16/h2-4,13H,1H3,(H,11,14)(H,15,16)/p-1/b3-2-. The highest BCUT2D eigenvalue weighted by Crippen LogP contribution is 2.10. The lowest BCUT2D eigenvalue weighted by Crippen LogP contribution is -2.13. The molecule has 0 atom stereocenters. The van der Waals surface area contributed by atoms with Gasteiger partial charge >= 0.3 is 5.97 Å². The van der Waals surface area contributed by atoms with Gasteiger partial charge in [0.2, 0.25) is 0 Å². The Bertz CT molecular complexity index is 527. The van der Waals surface area contributed by atoms with Gasteiger partial charge in [0, 0.05) is 11.3 Å². The largest absolute Gasteiger partial charge is 0.871 e. The maximum atomic E-state index is 11.3. The molecule has 84 valence electrons. The van der Waals surface area contributed by atoms with Gasteiger partial charge in [0.15, 0.2) is 0 Å². The summed E-state index contributed by atoms with van der Waals surface area (Å²) in [6.45, 7) is 1.47. The molecule has 0 amide bonds. The van der Waals surface area contributed by atoms with Crippen molar-refractivity contribution in [2.45, 2.75) is 6.92 Å². The van der Waals surface area contributed by atoms with Crippen LogP contribution in [0.25, 0.3) is 6.08 Å². The number of pyridine rings is 1. The quantitative estimate of drug-likeness (QED) is 0.525. The van der Waals surface area contributed by atoms with Gasteiger partial charge in [-0.1, -0.05) is 11.8 Å². The topological polar surface area (TPSA) is 110 Å². The van der Waals surface area contributed by atoms with E-state index in [1.165, 1.54) is 6.92 Å². The first kappa shape index (κ1) is 11.7. The average molecular weight is 222 g/mol. The van der Waals surface area contributed by atoms with Gasteiger partial charge < -0.3 is 15.2 Å². The molecule has 0 fully saturated rings. The maximum Gasteiger partial charge on any atom is 0.376 e. The first-order chi connectivity index (χ1) is 7.41. The zero-order valence-corrected chi connectivity index (χ0v) is 8.31. The second-order valence-electron chi connectivity index (χ2n) is 3.06. The molecule has 16 heavy (non-hydrogen) atoms. The van der Waals surface area contributed by atoms with Crippen LogP contribution in [0.1, 0.15) is 11.3 Å². The number of carbonyl (C=O) groups excluding carboxylic acids is 1. The summed E-state index contributed by atoms with van der Waals surface area (Å²) in [6, 6.07) is 1.11. The van der Waals surface area contributed by atoms with Crippen LogP contribution in [0.5, 0.6) is 5.75 Å². The number of nitrogens with one attached hydrogen (secondary N) is 1. The van der Waals surface area contributed by atoms with Gasteiger partial charge in [-0.2, -0.15) is 0 Å². The number of aromatic nitrogens is 1. The zero-order valence-electron chi connectivity index (χ0n) is 8.31. The minimum atomic E-state index is -1.63. The Morgan fingerprint density at radius 1 is 1.50 bits per heavy atom. The van der Waals surface area contributed by atoms with E-state index in [2.05, 4.69) is 4.98 Å². The van der Waals surface area contributed by atoms with E-state index >= 15 is 0 Å². The lowest BCUT2D eigenvalue weighted by Gasteiger charge is -2.09. The summed E-state index contributed by atoms with van der Waals surface area (Å²) in [5.41, 5.74) is -0.320. The van der Waals surface area contributed by atoms with Crippen molar-refractivity contribution < 1.29 is 19.8 Å². The predicted molar refractivity (Wildman–Crippen MR) is 52.9 cm³/mol. The summed E-state index contributed by atoms with van der Waals surface area (Å²) < 4.78 is 0. The van der Waals surface area contributed by atoms with Gasteiger partial charge in [-0.15, -0.1) is 0 Å². The normalized spacial score (nSPS) is 10.6. The highest BCUT2D eigenvalue weighted by atomic mass is 16.4. The molecule has 0 radical (unpaired) electrons. The van der Waals surface area contributed by atoms with E-state index in [4.69, 9.17) is 5.11 Å². The fraction of sp³-hybridized carbons (Fsp3) is 0.100. The van der Waals surface area contributed by atoms with Crippen LogP contribution in [0.4, 0.5) is 0 Å². The van der Waals surface area contributed by atoms with E-state index in [9.17, 15) is 19.5 Å². The van der Waals surface area contributed by atoms with Crippen LogP contribution in [-0.4, -0.2) is 21.8 Å². The Labute approximate surface area is 89.9 Å². The number of aromatic amines is 1. The van der Waals surface area contributed by atoms with Crippen molar-refractivity contribution in [3.8, 4) is 5.75 Å². The van der Waals surface area contributed by atoms with Crippen molar-refractivity contribution in [2.24, 2.45) is 0 Å². The fourth-order valence-corrected chi connectivity index (χ4v) is 0.977. The van der Waals surface area contributed by atoms with Crippen molar-refractivity contribution in [3.63, 3.8) is 0 Å². The van der Waals surface area contributed by atoms with Gasteiger partial charge in [-0.3, -0.25) is 9.59 Å². The van der Waals surface area contributed by atoms with Crippen molar-refractivity contribution in [3.05, 3.63) is 33.8 Å². The number of aryl methyl sites for hydroxylation is 1. The Morgan fingerprint density at radius 2 is 2.12 bits per heavy atom. The number of aliphatic carboxylic acids is 1. The summed E-state index contributed by atoms with van der Waals surface area (Å²) >= 11 is 0. The first-order valence-corrected chi connectivity index (χ1v) is 4.28. The molecule has 0 saturated carbocycles. The molecule has 0 saturated heterocycles. The molecule has 0 spiro atoms. The Balaban J connectivity index is 3.07. The smallest absolute Gasteiger partial charge is 0.376 e. The maximum absolute atomic E-state index is 11.3. The molecule has 0 unspecified atom stereocenters. The molecule has 6 nitrogen and oxygen atoms in total. The number of rotatable bonds is 3. The van der Waals surface area contributed by atoms with Gasteiger partial charge in [-0.05, 0) is 19.1 Å². The van der Waals surface area contributed by atoms with Crippen LogP contribution in [0.3, 0.4) is 0 Å². The number of H-pyrrole nitrogens is 1. The van der Waals surface area contributed by atoms with Crippen LogP contribution in [0, 0.1) is 6.92 Å². The van der Waals surface area contributed by atoms with Crippen molar-refractivity contribution in [1.29, 1.82) is 0 Å². The van der Waals surface area contributed by atoms with Crippen molar-refractivity contribution in [2.75, 3.05) is 0 Å². The van der Waals surface area contributed by atoms with Gasteiger partial charge in [0.25, 0.3) is 11.3 Å². The molecule has 0 bridgehead atoms. The lowest BCUT2D eigenvalue weighted by molar-refractivity contribution is -0.269. The lowest BCUT2D eigenvalue weighted by atomic mass is 10.2. The molecule has 0 aliphatic carbocycles. The molecule has 1 aromatic rings. The minimum Gasteiger partial charge on any atom is -0.871 e. The SMILES string of the molecule is Cc1cc([O-])c(/C=C\C(=O)C(=O)O)[nH]c1=O. The molecule has 0 aliphatic rings. The number of hydrogen-bond acceptors (Lipinski definition) is 4. The van der Waals surface area contributed by atoms with E-state index < -0.39 is 23.1 Å². The summed E-state index contributed by atoms with van der Waals surface area (Å²) in [4.78, 5) is 34.3. The van der Waals surface area contributed by atoms with E-state index in [-0.39, 0.29) is 11.3 Å². The number of ketones is 1. The van der Waals surface area contributed by atoms with Crippen LogP contribution in [-0.2, 0) is 9.59 Å².